The van der Waals surface area contributed by atoms with Crippen molar-refractivity contribution in [3.63, 3.8) is 0 Å². The van der Waals surface area contributed by atoms with E-state index in [-0.39, 0.29) is 6.03 Å². The third-order valence-corrected chi connectivity index (χ3v) is 4.62. The number of nitrogens with two attached hydrogens (primary N) is 1. The summed E-state index contributed by atoms with van der Waals surface area (Å²) in [6, 6.07) is 12.0. The van der Waals surface area contributed by atoms with E-state index < -0.39 is 0 Å². The molecule has 1 aliphatic heterocycles. The average Bonchev–Trinajstić information content (AvgIpc) is 3.02. The van der Waals surface area contributed by atoms with Crippen LogP contribution in [0.4, 0.5) is 10.6 Å². The molecule has 2 aromatic rings. The summed E-state index contributed by atoms with van der Waals surface area (Å²) in [5.41, 5.74) is 10.7. The van der Waals surface area contributed by atoms with Crippen LogP contribution >= 0.6 is 0 Å². The zero-order chi connectivity index (χ0) is 18.7. The van der Waals surface area contributed by atoms with Gasteiger partial charge in [-0.25, -0.2) is 9.78 Å². The monoisotopic (exact) mass is 348 g/mol. The minimum absolute atomic E-state index is 0.0166. The Hall–Kier alpha value is -3.08. The Morgan fingerprint density at radius 2 is 2.04 bits per heavy atom. The molecule has 0 saturated carbocycles. The second-order valence-corrected chi connectivity index (χ2v) is 6.59. The molecule has 2 N–H and O–H groups in total. The highest BCUT2D eigenvalue weighted by Crippen LogP contribution is 2.22. The molecule has 26 heavy (non-hydrogen) atoms. The summed E-state index contributed by atoms with van der Waals surface area (Å²) in [5, 5.41) is 0. The van der Waals surface area contributed by atoms with Crippen LogP contribution < -0.4 is 10.6 Å². The summed E-state index contributed by atoms with van der Waals surface area (Å²) in [7, 11) is 0. The summed E-state index contributed by atoms with van der Waals surface area (Å²) < 4.78 is 0. The number of urea groups is 1. The van der Waals surface area contributed by atoms with E-state index in [1.807, 2.05) is 49.1 Å². The van der Waals surface area contributed by atoms with Gasteiger partial charge in [-0.15, -0.1) is 0 Å². The molecule has 0 atom stereocenters. The number of anilines is 1. The lowest BCUT2D eigenvalue weighted by atomic mass is 10.1. The molecule has 0 unspecified atom stereocenters. The second kappa shape index (κ2) is 7.44. The highest BCUT2D eigenvalue weighted by atomic mass is 16.2. The van der Waals surface area contributed by atoms with Crippen molar-refractivity contribution in [1.29, 1.82) is 0 Å². The first-order valence-corrected chi connectivity index (χ1v) is 8.66. The molecule has 0 aliphatic carbocycles. The van der Waals surface area contributed by atoms with Crippen LogP contribution in [0.3, 0.4) is 0 Å². The minimum atomic E-state index is -0.0166. The molecule has 134 valence electrons. The number of amides is 2. The molecule has 2 heterocycles. The first-order chi connectivity index (χ1) is 12.5. The Morgan fingerprint density at radius 1 is 1.23 bits per heavy atom. The van der Waals surface area contributed by atoms with Crippen molar-refractivity contribution in [2.75, 3.05) is 18.0 Å². The second-order valence-electron chi connectivity index (χ2n) is 6.59. The Morgan fingerprint density at radius 3 is 2.69 bits per heavy atom. The minimum Gasteiger partial charge on any atom is -0.404 e. The summed E-state index contributed by atoms with van der Waals surface area (Å²) in [4.78, 5) is 20.8. The molecule has 5 heteroatoms. The first kappa shape index (κ1) is 17.7. The van der Waals surface area contributed by atoms with Gasteiger partial charge in [0.25, 0.3) is 0 Å². The van der Waals surface area contributed by atoms with Crippen molar-refractivity contribution in [2.45, 2.75) is 20.4 Å². The Bertz CT molecular complexity index is 855. The number of pyridine rings is 1. The van der Waals surface area contributed by atoms with Gasteiger partial charge in [0.2, 0.25) is 0 Å². The van der Waals surface area contributed by atoms with E-state index in [9.17, 15) is 4.79 Å². The van der Waals surface area contributed by atoms with E-state index in [0.29, 0.717) is 25.5 Å². The number of carbonyl (C=O) groups is 1. The average molecular weight is 348 g/mol. The lowest BCUT2D eigenvalue weighted by molar-refractivity contribution is 0.218. The van der Waals surface area contributed by atoms with Gasteiger partial charge in [-0.1, -0.05) is 30.4 Å². The third-order valence-electron chi connectivity index (χ3n) is 4.62. The Labute approximate surface area is 154 Å². The number of aromatic nitrogens is 1. The Balaban J connectivity index is 1.72. The van der Waals surface area contributed by atoms with E-state index in [1.165, 1.54) is 0 Å². The summed E-state index contributed by atoms with van der Waals surface area (Å²) >= 11 is 0. The maximum atomic E-state index is 12.8. The van der Waals surface area contributed by atoms with Gasteiger partial charge >= 0.3 is 6.03 Å². The van der Waals surface area contributed by atoms with Crippen molar-refractivity contribution in [3.8, 4) is 0 Å². The van der Waals surface area contributed by atoms with E-state index in [4.69, 9.17) is 5.73 Å². The van der Waals surface area contributed by atoms with Gasteiger partial charge in [0.1, 0.15) is 5.82 Å². The number of rotatable bonds is 5. The number of hydrogen-bond acceptors (Lipinski definition) is 3. The van der Waals surface area contributed by atoms with Crippen LogP contribution in [0, 0.1) is 0 Å². The maximum Gasteiger partial charge on any atom is 0.326 e. The highest BCUT2D eigenvalue weighted by molar-refractivity contribution is 5.93. The normalized spacial score (nSPS) is 14.8. The molecule has 2 amide bonds. The number of benzene rings is 1. The van der Waals surface area contributed by atoms with Crippen LogP contribution in [0.25, 0.3) is 11.1 Å². The largest absolute Gasteiger partial charge is 0.404 e. The smallest absolute Gasteiger partial charge is 0.326 e. The predicted molar refractivity (Wildman–Crippen MR) is 106 cm³/mol. The molecule has 1 aliphatic rings. The molecule has 1 fully saturated rings. The van der Waals surface area contributed by atoms with Crippen LogP contribution in [-0.4, -0.2) is 29.0 Å². The third kappa shape index (κ3) is 3.61. The number of allylic oxidation sites excluding steroid dienone is 2. The zero-order valence-corrected chi connectivity index (χ0v) is 15.3. The van der Waals surface area contributed by atoms with Crippen LogP contribution in [0.15, 0.2) is 55.4 Å². The van der Waals surface area contributed by atoms with Gasteiger partial charge < -0.3 is 10.6 Å². The fourth-order valence-electron chi connectivity index (χ4n) is 2.97. The molecule has 3 rings (SSSR count). The van der Waals surface area contributed by atoms with Crippen molar-refractivity contribution >= 4 is 23.0 Å². The zero-order valence-electron chi connectivity index (χ0n) is 15.3. The van der Waals surface area contributed by atoms with Crippen LogP contribution in [0.5, 0.6) is 0 Å². The predicted octanol–water partition coefficient (Wildman–Crippen LogP) is 3.88. The highest BCUT2D eigenvalue weighted by Gasteiger charge is 2.30. The maximum absolute atomic E-state index is 12.8. The van der Waals surface area contributed by atoms with E-state index in [1.54, 1.807) is 17.3 Å². The molecule has 0 radical (unpaired) electrons. The quantitative estimate of drug-likeness (QED) is 0.892. The van der Waals surface area contributed by atoms with Gasteiger partial charge in [0, 0.05) is 25.8 Å². The molecule has 1 aromatic carbocycles. The van der Waals surface area contributed by atoms with Crippen LogP contribution in [-0.2, 0) is 6.54 Å². The van der Waals surface area contributed by atoms with Crippen molar-refractivity contribution in [3.05, 3.63) is 72.1 Å². The lowest BCUT2D eigenvalue weighted by Crippen LogP contribution is -2.31. The Kier molecular flexibility index (Phi) is 5.07. The first-order valence-electron chi connectivity index (χ1n) is 8.66. The molecule has 0 bridgehead atoms. The topological polar surface area (TPSA) is 62.5 Å². The summed E-state index contributed by atoms with van der Waals surface area (Å²) in [5.74, 6) is 0.668. The van der Waals surface area contributed by atoms with E-state index in [0.717, 1.165) is 27.8 Å². The molecular weight excluding hydrogens is 324 g/mol. The molecule has 1 aromatic heterocycles. The number of carbonyl (C=O) groups excluding carboxylic acids is 1. The molecular formula is C21H24N4O. The summed E-state index contributed by atoms with van der Waals surface area (Å²) in [6.45, 7) is 9.80. The fraction of sp³-hybridized carbons (Fsp3) is 0.238. The van der Waals surface area contributed by atoms with E-state index >= 15 is 0 Å². The fourth-order valence-corrected chi connectivity index (χ4v) is 2.97. The standard InChI is InChI=1S/C21H24N4O/c1-15(2)18-6-4-5-17(11-18)14-24-9-10-25(21(24)26)20-8-7-19(13-23-20)16(3)12-22/h4-8,11-13H,1,9-10,14,22H2,2-3H3/b16-12+. The van der Waals surface area contributed by atoms with Gasteiger partial charge in [-0.05, 0) is 60.5 Å². The lowest BCUT2D eigenvalue weighted by Gasteiger charge is -2.18. The molecule has 0 spiro atoms. The van der Waals surface area contributed by atoms with Crippen molar-refractivity contribution in [2.24, 2.45) is 5.73 Å². The summed E-state index contributed by atoms with van der Waals surface area (Å²) in [6.07, 6.45) is 3.30. The van der Waals surface area contributed by atoms with Gasteiger partial charge in [0.15, 0.2) is 0 Å². The number of nitrogens with zero attached hydrogens (tertiary/aromatic N) is 3. The molecule has 1 saturated heterocycles. The van der Waals surface area contributed by atoms with Gasteiger partial charge in [-0.3, -0.25) is 4.90 Å². The SMILES string of the molecule is C=C(C)c1cccc(CN2CCN(c3ccc(/C(C)=C/N)cn3)C2=O)c1. The van der Waals surface area contributed by atoms with E-state index in [2.05, 4.69) is 17.6 Å². The van der Waals surface area contributed by atoms with Crippen molar-refractivity contribution < 1.29 is 4.79 Å². The van der Waals surface area contributed by atoms with Gasteiger partial charge in [0.05, 0.1) is 0 Å². The van der Waals surface area contributed by atoms with Crippen molar-refractivity contribution in [1.82, 2.24) is 9.88 Å². The molecule has 5 nitrogen and oxygen atoms in total. The number of hydrogen-bond donors (Lipinski definition) is 1. The van der Waals surface area contributed by atoms with Gasteiger partial charge in [-0.2, -0.15) is 0 Å². The van der Waals surface area contributed by atoms with Crippen LogP contribution in [0.1, 0.15) is 30.5 Å². The van der Waals surface area contributed by atoms with Crippen LogP contribution in [0.2, 0.25) is 0 Å².